The van der Waals surface area contributed by atoms with E-state index < -0.39 is 11.6 Å². The van der Waals surface area contributed by atoms with Crippen LogP contribution in [-0.4, -0.2) is 35.3 Å². The number of ether oxygens (including phenoxy) is 1. The van der Waals surface area contributed by atoms with Crippen LogP contribution in [0.15, 0.2) is 48.6 Å². The largest absolute Gasteiger partial charge is 0.508 e. The Kier molecular flexibility index (Phi) is 5.50. The summed E-state index contributed by atoms with van der Waals surface area (Å²) in [6.45, 7) is 1.47. The molecule has 7 heteroatoms. The van der Waals surface area contributed by atoms with Crippen LogP contribution in [0.2, 0.25) is 0 Å². The zero-order valence-electron chi connectivity index (χ0n) is 18.5. The lowest BCUT2D eigenvalue weighted by atomic mass is 9.93. The van der Waals surface area contributed by atoms with Gasteiger partial charge in [-0.05, 0) is 48.1 Å². The quantitative estimate of drug-likeness (QED) is 0.322. The van der Waals surface area contributed by atoms with Crippen LogP contribution in [0.5, 0.6) is 11.8 Å². The van der Waals surface area contributed by atoms with E-state index in [1.807, 2.05) is 0 Å². The first-order valence-corrected chi connectivity index (χ1v) is 10.9. The van der Waals surface area contributed by atoms with E-state index in [0.717, 1.165) is 25.9 Å². The second-order valence-electron chi connectivity index (χ2n) is 8.05. The van der Waals surface area contributed by atoms with Crippen LogP contribution in [-0.2, 0) is 0 Å². The molecular formula is C27H21F2N3O2. The molecule has 0 fully saturated rings. The van der Waals surface area contributed by atoms with Gasteiger partial charge in [-0.2, -0.15) is 9.97 Å². The Labute approximate surface area is 195 Å². The summed E-state index contributed by atoms with van der Waals surface area (Å²) in [5.41, 5.74) is 0.497. The molecule has 1 N–H and O–H groups in total. The van der Waals surface area contributed by atoms with Gasteiger partial charge < -0.3 is 14.7 Å². The Bertz CT molecular complexity index is 1500. The highest BCUT2D eigenvalue weighted by molar-refractivity contribution is 6.04. The predicted octanol–water partition coefficient (Wildman–Crippen LogP) is 5.58. The van der Waals surface area contributed by atoms with E-state index in [-0.39, 0.29) is 34.0 Å². The smallest absolute Gasteiger partial charge is 0.318 e. The average Bonchev–Trinajstić information content (AvgIpc) is 3.13. The zero-order valence-corrected chi connectivity index (χ0v) is 18.5. The van der Waals surface area contributed by atoms with Gasteiger partial charge in [-0.25, -0.2) is 8.78 Å². The maximum Gasteiger partial charge on any atom is 0.318 e. The fourth-order valence-electron chi connectivity index (χ4n) is 4.46. The second kappa shape index (κ2) is 8.64. The van der Waals surface area contributed by atoms with E-state index in [4.69, 9.17) is 11.2 Å². The summed E-state index contributed by atoms with van der Waals surface area (Å²) >= 11 is 0. The third-order valence-electron chi connectivity index (χ3n) is 6.03. The lowest BCUT2D eigenvalue weighted by molar-refractivity contribution is 0.381. The van der Waals surface area contributed by atoms with Crippen molar-refractivity contribution in [2.75, 3.05) is 25.1 Å². The highest BCUT2D eigenvalue weighted by atomic mass is 19.1. The number of hydrogen-bond acceptors (Lipinski definition) is 5. The summed E-state index contributed by atoms with van der Waals surface area (Å²) in [4.78, 5) is 10.9. The molecule has 5 rings (SSSR count). The van der Waals surface area contributed by atoms with Gasteiger partial charge in [0.2, 0.25) is 0 Å². The molecule has 2 heterocycles. The molecule has 0 saturated heterocycles. The van der Waals surface area contributed by atoms with E-state index >= 15 is 4.39 Å². The van der Waals surface area contributed by atoms with Crippen molar-refractivity contribution in [3.63, 3.8) is 0 Å². The highest BCUT2D eigenvalue weighted by Crippen LogP contribution is 2.39. The molecule has 0 saturated carbocycles. The minimum atomic E-state index is -0.633. The summed E-state index contributed by atoms with van der Waals surface area (Å²) in [5.74, 6) is 1.64. The van der Waals surface area contributed by atoms with Crippen molar-refractivity contribution in [2.45, 2.75) is 12.8 Å². The number of fused-ring (bicyclic) bond motifs is 2. The number of hydrogen-bond donors (Lipinski definition) is 1. The minimum Gasteiger partial charge on any atom is -0.508 e. The van der Waals surface area contributed by atoms with Crippen LogP contribution in [0.3, 0.4) is 0 Å². The zero-order chi connectivity index (χ0) is 23.8. The number of phenols is 1. The SMILES string of the molecule is C#Cc1c(F)ccc2cc(O)cc(-c3ccc4c(N5CCC=CCC5)nc(OC)nc4c3F)c12. The van der Waals surface area contributed by atoms with E-state index in [0.29, 0.717) is 22.0 Å². The fraction of sp³-hybridized carbons (Fsp3) is 0.185. The van der Waals surface area contributed by atoms with Gasteiger partial charge in [0.1, 0.15) is 22.9 Å². The van der Waals surface area contributed by atoms with Crippen molar-refractivity contribution in [3.8, 4) is 35.2 Å². The fourth-order valence-corrected chi connectivity index (χ4v) is 4.46. The standard InChI is InChI=1S/C27H21F2N3O2/c1-3-18-22(28)11-8-16-14-17(33)15-21(23(16)18)19-9-10-20-25(24(19)29)30-27(34-2)31-26(20)32-12-6-4-5-7-13-32/h1,4-5,8-11,14-15,33H,6-7,12-13H2,2H3. The highest BCUT2D eigenvalue weighted by Gasteiger charge is 2.22. The van der Waals surface area contributed by atoms with Crippen molar-refractivity contribution in [1.82, 2.24) is 9.97 Å². The molecule has 0 amide bonds. The van der Waals surface area contributed by atoms with Crippen LogP contribution in [0.4, 0.5) is 14.6 Å². The lowest BCUT2D eigenvalue weighted by Gasteiger charge is -2.23. The van der Waals surface area contributed by atoms with Crippen molar-refractivity contribution in [1.29, 1.82) is 0 Å². The molecule has 1 aliphatic heterocycles. The number of rotatable bonds is 3. The molecule has 1 aromatic heterocycles. The third-order valence-corrected chi connectivity index (χ3v) is 6.03. The van der Waals surface area contributed by atoms with Gasteiger partial charge >= 0.3 is 6.01 Å². The first-order valence-electron chi connectivity index (χ1n) is 10.9. The maximum atomic E-state index is 16.1. The van der Waals surface area contributed by atoms with E-state index in [1.165, 1.54) is 31.4 Å². The first kappa shape index (κ1) is 21.7. The monoisotopic (exact) mass is 457 g/mol. The van der Waals surface area contributed by atoms with Gasteiger partial charge in [0.15, 0.2) is 5.82 Å². The summed E-state index contributed by atoms with van der Waals surface area (Å²) in [5, 5.41) is 11.7. The third kappa shape index (κ3) is 3.57. The van der Waals surface area contributed by atoms with Gasteiger partial charge in [-0.15, -0.1) is 6.42 Å². The number of phenolic OH excluding ortho intramolecular Hbond substituents is 1. The predicted molar refractivity (Wildman–Crippen MR) is 129 cm³/mol. The van der Waals surface area contributed by atoms with Gasteiger partial charge in [0.25, 0.3) is 0 Å². The molecule has 34 heavy (non-hydrogen) atoms. The number of benzene rings is 3. The van der Waals surface area contributed by atoms with Crippen LogP contribution in [0, 0.1) is 24.0 Å². The molecule has 3 aromatic carbocycles. The Morgan fingerprint density at radius 3 is 2.50 bits per heavy atom. The Hall–Kier alpha value is -4.18. The summed E-state index contributed by atoms with van der Waals surface area (Å²) in [6.07, 6.45) is 11.5. The number of halogens is 2. The van der Waals surface area contributed by atoms with Crippen LogP contribution in [0.25, 0.3) is 32.8 Å². The number of methoxy groups -OCH3 is 1. The molecule has 0 radical (unpaired) electrons. The Morgan fingerprint density at radius 1 is 1.03 bits per heavy atom. The van der Waals surface area contributed by atoms with Crippen LogP contribution in [0.1, 0.15) is 18.4 Å². The van der Waals surface area contributed by atoms with Gasteiger partial charge in [0.05, 0.1) is 12.7 Å². The summed E-state index contributed by atoms with van der Waals surface area (Å²) in [7, 11) is 1.43. The molecule has 0 spiro atoms. The Morgan fingerprint density at radius 2 is 1.79 bits per heavy atom. The van der Waals surface area contributed by atoms with Gasteiger partial charge in [-0.1, -0.05) is 30.2 Å². The molecule has 0 bridgehead atoms. The normalized spacial score (nSPS) is 13.8. The summed E-state index contributed by atoms with van der Waals surface area (Å²) < 4.78 is 35.9. The molecular weight excluding hydrogens is 436 g/mol. The molecule has 0 unspecified atom stereocenters. The van der Waals surface area contributed by atoms with Gasteiger partial charge in [0, 0.05) is 29.4 Å². The van der Waals surface area contributed by atoms with E-state index in [9.17, 15) is 9.50 Å². The molecule has 4 aromatic rings. The molecule has 0 aliphatic carbocycles. The number of nitrogens with zero attached hydrogens (tertiary/aromatic N) is 3. The van der Waals surface area contributed by atoms with Crippen LogP contribution < -0.4 is 9.64 Å². The van der Waals surface area contributed by atoms with E-state index in [1.54, 1.807) is 12.1 Å². The lowest BCUT2D eigenvalue weighted by Crippen LogP contribution is -2.25. The number of anilines is 1. The van der Waals surface area contributed by atoms with Crippen molar-refractivity contribution in [3.05, 3.63) is 65.7 Å². The molecule has 170 valence electrons. The van der Waals surface area contributed by atoms with Crippen molar-refractivity contribution >= 4 is 27.5 Å². The van der Waals surface area contributed by atoms with Gasteiger partial charge in [-0.3, -0.25) is 0 Å². The summed E-state index contributed by atoms with van der Waals surface area (Å²) in [6, 6.07) is 8.97. The minimum absolute atomic E-state index is 0.00465. The molecule has 5 nitrogen and oxygen atoms in total. The number of aromatic hydroxyl groups is 1. The average molecular weight is 457 g/mol. The maximum absolute atomic E-state index is 16.1. The molecule has 1 aliphatic rings. The van der Waals surface area contributed by atoms with E-state index in [2.05, 4.69) is 32.9 Å². The topological polar surface area (TPSA) is 58.5 Å². The van der Waals surface area contributed by atoms with Crippen LogP contribution >= 0.6 is 0 Å². The number of terminal acetylenes is 1. The second-order valence-corrected chi connectivity index (χ2v) is 8.05. The first-order chi connectivity index (χ1) is 16.5. The number of aromatic nitrogens is 2. The van der Waals surface area contributed by atoms with Crippen molar-refractivity contribution < 1.29 is 18.6 Å². The Balaban J connectivity index is 1.79. The van der Waals surface area contributed by atoms with Crippen molar-refractivity contribution in [2.24, 2.45) is 0 Å². The molecule has 0 atom stereocenters.